The second-order valence-electron chi connectivity index (χ2n) is 5.73. The smallest absolute Gasteiger partial charge is 0.258 e. The third-order valence-corrected chi connectivity index (χ3v) is 3.26. The maximum Gasteiger partial charge on any atom is 0.258 e. The lowest BCUT2D eigenvalue weighted by Crippen LogP contribution is -2.30. The lowest BCUT2D eigenvalue weighted by molar-refractivity contribution is -0.123. The van der Waals surface area contributed by atoms with Gasteiger partial charge < -0.3 is 25.8 Å². The lowest BCUT2D eigenvalue weighted by Gasteiger charge is -2.13. The van der Waals surface area contributed by atoms with Gasteiger partial charge in [-0.15, -0.1) is 0 Å². The van der Waals surface area contributed by atoms with E-state index in [1.54, 1.807) is 25.1 Å². The number of carbonyl (C=O) groups is 2. The minimum absolute atomic E-state index is 0.0932. The van der Waals surface area contributed by atoms with Crippen molar-refractivity contribution >= 4 is 17.5 Å². The molecule has 1 aliphatic rings. The SMILES string of the molecule is COc1ccc(NC(=O)CC(C)N)cc1OCC(=O)NC1CC1. The minimum atomic E-state index is -0.213. The van der Waals surface area contributed by atoms with E-state index in [0.29, 0.717) is 17.2 Å². The normalized spacial score (nSPS) is 14.7. The number of benzene rings is 1. The summed E-state index contributed by atoms with van der Waals surface area (Å²) in [6, 6.07) is 5.08. The van der Waals surface area contributed by atoms with Crippen molar-refractivity contribution in [2.45, 2.75) is 38.3 Å². The average Bonchev–Trinajstić information content (AvgIpc) is 3.28. The molecule has 23 heavy (non-hydrogen) atoms. The summed E-state index contributed by atoms with van der Waals surface area (Å²) < 4.78 is 10.7. The molecule has 1 unspecified atom stereocenters. The van der Waals surface area contributed by atoms with Gasteiger partial charge in [0.15, 0.2) is 18.1 Å². The van der Waals surface area contributed by atoms with Crippen LogP contribution in [0.4, 0.5) is 5.69 Å². The number of rotatable bonds is 8. The highest BCUT2D eigenvalue weighted by molar-refractivity contribution is 5.91. The summed E-state index contributed by atoms with van der Waals surface area (Å²) in [7, 11) is 1.51. The molecule has 0 bridgehead atoms. The Morgan fingerprint density at radius 1 is 1.30 bits per heavy atom. The molecule has 1 fully saturated rings. The van der Waals surface area contributed by atoms with E-state index in [1.165, 1.54) is 7.11 Å². The van der Waals surface area contributed by atoms with Crippen LogP contribution in [0.2, 0.25) is 0 Å². The zero-order chi connectivity index (χ0) is 16.8. The molecule has 1 atom stereocenters. The summed E-state index contributed by atoms with van der Waals surface area (Å²) in [5.74, 6) is 0.551. The molecule has 1 aliphatic carbocycles. The van der Waals surface area contributed by atoms with Crippen molar-refractivity contribution < 1.29 is 19.1 Å². The van der Waals surface area contributed by atoms with Crippen LogP contribution in [-0.2, 0) is 9.59 Å². The molecule has 0 saturated heterocycles. The number of nitrogens with two attached hydrogens (primary N) is 1. The lowest BCUT2D eigenvalue weighted by atomic mass is 10.2. The van der Waals surface area contributed by atoms with Gasteiger partial charge in [0.05, 0.1) is 7.11 Å². The molecule has 2 amide bonds. The van der Waals surface area contributed by atoms with Gasteiger partial charge in [-0.3, -0.25) is 9.59 Å². The van der Waals surface area contributed by atoms with Crippen LogP contribution in [-0.4, -0.2) is 37.6 Å². The number of ether oxygens (including phenoxy) is 2. The summed E-state index contributed by atoms with van der Waals surface area (Å²) in [4.78, 5) is 23.4. The molecule has 0 aromatic heterocycles. The molecule has 7 nitrogen and oxygen atoms in total. The fourth-order valence-electron chi connectivity index (χ4n) is 2.01. The van der Waals surface area contributed by atoms with Crippen LogP contribution in [0.5, 0.6) is 11.5 Å². The Bertz CT molecular complexity index is 570. The second kappa shape index (κ2) is 7.82. The maximum absolute atomic E-state index is 11.8. The summed E-state index contributed by atoms with van der Waals surface area (Å²) in [6.07, 6.45) is 2.28. The fourth-order valence-corrected chi connectivity index (χ4v) is 2.01. The molecule has 1 aromatic carbocycles. The first-order valence-electron chi connectivity index (χ1n) is 7.63. The molecule has 4 N–H and O–H groups in total. The Labute approximate surface area is 135 Å². The first-order chi connectivity index (χ1) is 11.0. The van der Waals surface area contributed by atoms with Crippen molar-refractivity contribution in [2.24, 2.45) is 5.73 Å². The van der Waals surface area contributed by atoms with E-state index < -0.39 is 0 Å². The van der Waals surface area contributed by atoms with Crippen molar-refractivity contribution in [2.75, 3.05) is 19.0 Å². The highest BCUT2D eigenvalue weighted by Gasteiger charge is 2.23. The predicted octanol–water partition coefficient (Wildman–Crippen LogP) is 1.03. The van der Waals surface area contributed by atoms with E-state index >= 15 is 0 Å². The van der Waals surface area contributed by atoms with E-state index in [4.69, 9.17) is 15.2 Å². The number of methoxy groups -OCH3 is 1. The Kier molecular flexibility index (Phi) is 5.81. The predicted molar refractivity (Wildman–Crippen MR) is 86.5 cm³/mol. The number of hydrogen-bond donors (Lipinski definition) is 3. The molecular weight excluding hydrogens is 298 g/mol. The molecule has 1 aromatic rings. The molecule has 1 saturated carbocycles. The number of nitrogens with one attached hydrogen (secondary N) is 2. The van der Waals surface area contributed by atoms with E-state index in [9.17, 15) is 9.59 Å². The van der Waals surface area contributed by atoms with Crippen molar-refractivity contribution in [3.63, 3.8) is 0 Å². The van der Waals surface area contributed by atoms with Crippen LogP contribution in [0.1, 0.15) is 26.2 Å². The maximum atomic E-state index is 11.8. The van der Waals surface area contributed by atoms with E-state index in [2.05, 4.69) is 10.6 Å². The minimum Gasteiger partial charge on any atom is -0.493 e. The molecule has 126 valence electrons. The number of anilines is 1. The van der Waals surface area contributed by atoms with Gasteiger partial charge in [-0.2, -0.15) is 0 Å². The third-order valence-electron chi connectivity index (χ3n) is 3.26. The largest absolute Gasteiger partial charge is 0.493 e. The van der Waals surface area contributed by atoms with E-state index in [1.807, 2.05) is 0 Å². The zero-order valence-electron chi connectivity index (χ0n) is 13.4. The first kappa shape index (κ1) is 17.1. The Balaban J connectivity index is 1.96. The van der Waals surface area contributed by atoms with Crippen molar-refractivity contribution in [3.05, 3.63) is 18.2 Å². The van der Waals surface area contributed by atoms with Gasteiger partial charge in [0.25, 0.3) is 5.91 Å². The molecule has 2 rings (SSSR count). The van der Waals surface area contributed by atoms with Crippen LogP contribution in [0.25, 0.3) is 0 Å². The second-order valence-corrected chi connectivity index (χ2v) is 5.73. The van der Waals surface area contributed by atoms with Crippen molar-refractivity contribution in [1.29, 1.82) is 0 Å². The standard InChI is InChI=1S/C16H23N3O4/c1-10(17)7-15(20)19-12-5-6-13(22-2)14(8-12)23-9-16(21)18-11-3-4-11/h5-6,8,10-11H,3-4,7,9,17H2,1-2H3,(H,18,21)(H,19,20). The van der Waals surface area contributed by atoms with Crippen LogP contribution in [0.3, 0.4) is 0 Å². The van der Waals surface area contributed by atoms with Crippen LogP contribution < -0.4 is 25.8 Å². The van der Waals surface area contributed by atoms with Crippen LogP contribution >= 0.6 is 0 Å². The van der Waals surface area contributed by atoms with Gasteiger partial charge in [-0.1, -0.05) is 0 Å². The topological polar surface area (TPSA) is 103 Å². The molecule has 0 spiro atoms. The molecular formula is C16H23N3O4. The molecule has 0 heterocycles. The Morgan fingerprint density at radius 3 is 2.65 bits per heavy atom. The zero-order valence-corrected chi connectivity index (χ0v) is 13.4. The summed E-state index contributed by atoms with van der Waals surface area (Å²) in [5, 5.41) is 5.58. The number of hydrogen-bond acceptors (Lipinski definition) is 5. The van der Waals surface area contributed by atoms with E-state index in [-0.39, 0.29) is 36.9 Å². The van der Waals surface area contributed by atoms with Gasteiger partial charge in [0.2, 0.25) is 5.91 Å². The summed E-state index contributed by atoms with van der Waals surface area (Å²) in [5.41, 5.74) is 6.16. The molecule has 0 aliphatic heterocycles. The van der Waals surface area contributed by atoms with Gasteiger partial charge >= 0.3 is 0 Å². The van der Waals surface area contributed by atoms with Crippen LogP contribution in [0, 0.1) is 0 Å². The Morgan fingerprint density at radius 2 is 2.04 bits per heavy atom. The first-order valence-corrected chi connectivity index (χ1v) is 7.63. The van der Waals surface area contributed by atoms with Gasteiger partial charge in [-0.25, -0.2) is 0 Å². The van der Waals surface area contributed by atoms with Crippen molar-refractivity contribution in [3.8, 4) is 11.5 Å². The number of carbonyl (C=O) groups excluding carboxylic acids is 2. The fraction of sp³-hybridized carbons (Fsp3) is 0.500. The summed E-state index contributed by atoms with van der Waals surface area (Å²) in [6.45, 7) is 1.67. The highest BCUT2D eigenvalue weighted by atomic mass is 16.5. The number of amides is 2. The third kappa shape index (κ3) is 5.78. The van der Waals surface area contributed by atoms with E-state index in [0.717, 1.165) is 12.8 Å². The van der Waals surface area contributed by atoms with Crippen molar-refractivity contribution in [1.82, 2.24) is 5.32 Å². The average molecular weight is 321 g/mol. The highest BCUT2D eigenvalue weighted by Crippen LogP contribution is 2.30. The van der Waals surface area contributed by atoms with Gasteiger partial charge in [0, 0.05) is 30.3 Å². The van der Waals surface area contributed by atoms with Gasteiger partial charge in [0.1, 0.15) is 0 Å². The quantitative estimate of drug-likeness (QED) is 0.663. The van der Waals surface area contributed by atoms with Crippen LogP contribution in [0.15, 0.2) is 18.2 Å². The molecule has 0 radical (unpaired) electrons. The monoisotopic (exact) mass is 321 g/mol. The molecule has 7 heteroatoms. The summed E-state index contributed by atoms with van der Waals surface area (Å²) >= 11 is 0. The Hall–Kier alpha value is -2.28. The van der Waals surface area contributed by atoms with Gasteiger partial charge in [-0.05, 0) is 31.9 Å².